The number of aryl methyl sites for hydroxylation is 1. The predicted molar refractivity (Wildman–Crippen MR) is 91.3 cm³/mol. The van der Waals surface area contributed by atoms with Crippen molar-refractivity contribution < 1.29 is 36.0 Å². The van der Waals surface area contributed by atoms with E-state index in [2.05, 4.69) is 15.5 Å². The topological polar surface area (TPSA) is 122 Å². The Morgan fingerprint density at radius 2 is 1.96 bits per heavy atom. The first kappa shape index (κ1) is 21.8. The SMILES string of the molecule is Cc1ccc(-c2nc(CC3CNC3)no2)cc1S(C)(=O)=O.O=C(O)C(F)(F)F. The lowest BCUT2D eigenvalue weighted by Gasteiger charge is -2.25. The van der Waals surface area contributed by atoms with E-state index in [1.54, 1.807) is 25.1 Å². The van der Waals surface area contributed by atoms with Crippen molar-refractivity contribution in [3.05, 3.63) is 29.6 Å². The van der Waals surface area contributed by atoms with Gasteiger partial charge in [-0.05, 0) is 43.6 Å². The number of hydrogen-bond acceptors (Lipinski definition) is 7. The number of carboxylic acids is 1. The van der Waals surface area contributed by atoms with Crippen LogP contribution in [0, 0.1) is 12.8 Å². The number of hydrogen-bond donors (Lipinski definition) is 2. The molecule has 28 heavy (non-hydrogen) atoms. The molecule has 0 amide bonds. The summed E-state index contributed by atoms with van der Waals surface area (Å²) in [6.45, 7) is 3.72. The zero-order valence-electron chi connectivity index (χ0n) is 14.9. The smallest absolute Gasteiger partial charge is 0.475 e. The molecule has 8 nitrogen and oxygen atoms in total. The summed E-state index contributed by atoms with van der Waals surface area (Å²) < 4.78 is 60.5. The minimum Gasteiger partial charge on any atom is -0.475 e. The average Bonchev–Trinajstić information content (AvgIpc) is 2.98. The summed E-state index contributed by atoms with van der Waals surface area (Å²) in [5.74, 6) is -1.17. The lowest BCUT2D eigenvalue weighted by atomic mass is 9.99. The normalized spacial score (nSPS) is 14.8. The number of aliphatic carboxylic acids is 1. The van der Waals surface area contributed by atoms with Crippen molar-refractivity contribution in [1.29, 1.82) is 0 Å². The summed E-state index contributed by atoms with van der Waals surface area (Å²) in [4.78, 5) is 13.5. The summed E-state index contributed by atoms with van der Waals surface area (Å²) in [5, 5.41) is 14.3. The highest BCUT2D eigenvalue weighted by molar-refractivity contribution is 7.90. The number of halogens is 3. The van der Waals surface area contributed by atoms with Gasteiger partial charge in [0, 0.05) is 18.2 Å². The lowest BCUT2D eigenvalue weighted by Crippen LogP contribution is -2.43. The van der Waals surface area contributed by atoms with Crippen molar-refractivity contribution in [3.8, 4) is 11.5 Å². The second-order valence-corrected chi connectivity index (χ2v) is 8.28. The molecule has 1 aliphatic rings. The van der Waals surface area contributed by atoms with Crippen molar-refractivity contribution in [2.75, 3.05) is 19.3 Å². The zero-order chi connectivity index (χ0) is 21.1. The molecule has 1 saturated heterocycles. The Kier molecular flexibility index (Phi) is 6.44. The van der Waals surface area contributed by atoms with Gasteiger partial charge in [0.1, 0.15) is 0 Å². The number of carboxylic acid groups (broad SMARTS) is 1. The monoisotopic (exact) mass is 421 g/mol. The maximum Gasteiger partial charge on any atom is 0.490 e. The van der Waals surface area contributed by atoms with Crippen LogP contribution in [-0.4, -0.2) is 55.2 Å². The first-order valence-electron chi connectivity index (χ1n) is 8.02. The van der Waals surface area contributed by atoms with Crippen LogP contribution in [0.1, 0.15) is 11.4 Å². The van der Waals surface area contributed by atoms with Gasteiger partial charge in [-0.1, -0.05) is 11.2 Å². The molecule has 0 unspecified atom stereocenters. The molecular weight excluding hydrogens is 403 g/mol. The fourth-order valence-corrected chi connectivity index (χ4v) is 3.33. The quantitative estimate of drug-likeness (QED) is 0.767. The van der Waals surface area contributed by atoms with Gasteiger partial charge in [0.25, 0.3) is 5.89 Å². The van der Waals surface area contributed by atoms with Crippen molar-refractivity contribution in [2.24, 2.45) is 5.92 Å². The number of nitrogens with zero attached hydrogens (tertiary/aromatic N) is 2. The molecular formula is C16H18F3N3O5S. The molecule has 0 bridgehead atoms. The molecule has 1 aromatic heterocycles. The van der Waals surface area contributed by atoms with E-state index in [1.165, 1.54) is 6.26 Å². The Balaban J connectivity index is 0.000000345. The van der Waals surface area contributed by atoms with Crippen LogP contribution in [0.4, 0.5) is 13.2 Å². The predicted octanol–water partition coefficient (Wildman–Crippen LogP) is 1.84. The van der Waals surface area contributed by atoms with E-state index >= 15 is 0 Å². The van der Waals surface area contributed by atoms with Gasteiger partial charge < -0.3 is 14.9 Å². The minimum absolute atomic E-state index is 0.294. The minimum atomic E-state index is -5.08. The fourth-order valence-electron chi connectivity index (χ4n) is 2.34. The molecule has 2 N–H and O–H groups in total. The highest BCUT2D eigenvalue weighted by atomic mass is 32.2. The fraction of sp³-hybridized carbons (Fsp3) is 0.438. The number of carbonyl (C=O) groups is 1. The highest BCUT2D eigenvalue weighted by Gasteiger charge is 2.38. The third-order valence-corrected chi connectivity index (χ3v) is 5.12. The van der Waals surface area contributed by atoms with Crippen molar-refractivity contribution >= 4 is 15.8 Å². The Labute approximate surface area is 158 Å². The van der Waals surface area contributed by atoms with Crippen LogP contribution in [0.25, 0.3) is 11.5 Å². The lowest BCUT2D eigenvalue weighted by molar-refractivity contribution is -0.192. The summed E-state index contributed by atoms with van der Waals surface area (Å²) >= 11 is 0. The Morgan fingerprint density at radius 3 is 2.43 bits per heavy atom. The van der Waals surface area contributed by atoms with E-state index in [1.807, 2.05) is 0 Å². The van der Waals surface area contributed by atoms with Crippen LogP contribution >= 0.6 is 0 Å². The van der Waals surface area contributed by atoms with Gasteiger partial charge in [0.05, 0.1) is 4.90 Å². The third-order valence-electron chi connectivity index (χ3n) is 3.88. The van der Waals surface area contributed by atoms with Crippen molar-refractivity contribution in [2.45, 2.75) is 24.4 Å². The number of rotatable bonds is 4. The number of alkyl halides is 3. The van der Waals surface area contributed by atoms with Crippen LogP contribution in [0.5, 0.6) is 0 Å². The molecule has 0 radical (unpaired) electrons. The molecule has 1 aliphatic heterocycles. The number of nitrogens with one attached hydrogen (secondary N) is 1. The van der Waals surface area contributed by atoms with E-state index in [0.717, 1.165) is 19.5 Å². The maximum absolute atomic E-state index is 11.8. The average molecular weight is 421 g/mol. The van der Waals surface area contributed by atoms with Gasteiger partial charge in [-0.2, -0.15) is 18.2 Å². The van der Waals surface area contributed by atoms with Gasteiger partial charge in [0.2, 0.25) is 0 Å². The van der Waals surface area contributed by atoms with Gasteiger partial charge in [-0.3, -0.25) is 0 Å². The molecule has 0 saturated carbocycles. The summed E-state index contributed by atoms with van der Waals surface area (Å²) in [6.07, 6.45) is -3.11. The largest absolute Gasteiger partial charge is 0.490 e. The molecule has 154 valence electrons. The molecule has 0 atom stereocenters. The van der Waals surface area contributed by atoms with Crippen LogP contribution in [0.15, 0.2) is 27.6 Å². The molecule has 1 aromatic carbocycles. The second kappa shape index (κ2) is 8.27. The maximum atomic E-state index is 11.8. The Morgan fingerprint density at radius 1 is 1.36 bits per heavy atom. The van der Waals surface area contributed by atoms with Crippen LogP contribution in [-0.2, 0) is 21.1 Å². The van der Waals surface area contributed by atoms with Crippen LogP contribution in [0.3, 0.4) is 0 Å². The molecule has 3 rings (SSSR count). The summed E-state index contributed by atoms with van der Waals surface area (Å²) in [6, 6.07) is 5.14. The number of aromatic nitrogens is 2. The first-order valence-corrected chi connectivity index (χ1v) is 9.91. The van der Waals surface area contributed by atoms with Gasteiger partial charge in [-0.15, -0.1) is 0 Å². The Hall–Kier alpha value is -2.47. The summed E-state index contributed by atoms with van der Waals surface area (Å²) in [5.41, 5.74) is 1.34. The van der Waals surface area contributed by atoms with Gasteiger partial charge >= 0.3 is 12.1 Å². The van der Waals surface area contributed by atoms with E-state index < -0.39 is 22.0 Å². The van der Waals surface area contributed by atoms with E-state index in [9.17, 15) is 21.6 Å². The van der Waals surface area contributed by atoms with Crippen LogP contribution in [0.2, 0.25) is 0 Å². The molecule has 1 fully saturated rings. The molecule has 12 heteroatoms. The van der Waals surface area contributed by atoms with Gasteiger partial charge in [-0.25, -0.2) is 13.2 Å². The standard InChI is InChI=1S/C14H17N3O3S.C2HF3O2/c1-9-3-4-11(6-12(9)21(2,18)19)14-16-13(17-20-14)5-10-7-15-8-10;3-2(4,5)1(6)7/h3-4,6,10,15H,5,7-8H2,1-2H3;(H,6,7). The Bertz CT molecular complexity index is 953. The number of sulfone groups is 1. The third kappa shape index (κ3) is 5.76. The van der Waals surface area contributed by atoms with E-state index in [-0.39, 0.29) is 0 Å². The van der Waals surface area contributed by atoms with Crippen molar-refractivity contribution in [3.63, 3.8) is 0 Å². The highest BCUT2D eigenvalue weighted by Crippen LogP contribution is 2.24. The van der Waals surface area contributed by atoms with Gasteiger partial charge in [0.15, 0.2) is 15.7 Å². The van der Waals surface area contributed by atoms with E-state index in [4.69, 9.17) is 14.4 Å². The molecule has 0 aliphatic carbocycles. The summed E-state index contributed by atoms with van der Waals surface area (Å²) in [7, 11) is -3.27. The molecule has 2 heterocycles. The van der Waals surface area contributed by atoms with Crippen molar-refractivity contribution in [1.82, 2.24) is 15.5 Å². The molecule has 2 aromatic rings. The zero-order valence-corrected chi connectivity index (χ0v) is 15.8. The van der Waals surface area contributed by atoms with E-state index in [0.29, 0.717) is 33.7 Å². The molecule has 0 spiro atoms. The van der Waals surface area contributed by atoms with Crippen LogP contribution < -0.4 is 5.32 Å². The second-order valence-electron chi connectivity index (χ2n) is 6.30. The first-order chi connectivity index (χ1) is 12.9. The number of benzene rings is 1.